The van der Waals surface area contributed by atoms with Crippen molar-refractivity contribution in [2.24, 2.45) is 0 Å². The second-order valence-corrected chi connectivity index (χ2v) is 22.5. The lowest BCUT2D eigenvalue weighted by Gasteiger charge is -2.30. The van der Waals surface area contributed by atoms with Gasteiger partial charge in [0, 0.05) is 71.2 Å². The molecule has 0 aliphatic carbocycles. The first-order chi connectivity index (χ1) is 40.8. The van der Waals surface area contributed by atoms with E-state index in [1.165, 1.54) is 11.1 Å². The van der Waals surface area contributed by atoms with Crippen molar-refractivity contribution in [3.05, 3.63) is 265 Å². The van der Waals surface area contributed by atoms with E-state index in [1.807, 2.05) is 12.3 Å². The number of aromatic nitrogens is 6. The van der Waals surface area contributed by atoms with Crippen LogP contribution in [0.1, 0.15) is 27.8 Å². The Morgan fingerprint density at radius 1 is 0.301 bits per heavy atom. The molecule has 7 heteroatoms. The van der Waals surface area contributed by atoms with Gasteiger partial charge in [-0.25, -0.2) is 4.98 Å². The average Bonchev–Trinajstić information content (AvgIpc) is 1.78. The van der Waals surface area contributed by atoms with Gasteiger partial charge in [-0.05, 0) is 125 Å². The Bertz CT molecular complexity index is 5390. The molecule has 0 aliphatic heterocycles. The fourth-order valence-electron chi connectivity index (χ4n) is 14.2. The van der Waals surface area contributed by atoms with Crippen LogP contribution in [0.25, 0.3) is 149 Å². The van der Waals surface area contributed by atoms with Crippen LogP contribution in [0.3, 0.4) is 0 Å². The van der Waals surface area contributed by atoms with Crippen LogP contribution in [0.5, 0.6) is 0 Å². The van der Waals surface area contributed by atoms with Crippen molar-refractivity contribution in [2.75, 3.05) is 0 Å². The van der Waals surface area contributed by atoms with Crippen molar-refractivity contribution in [3.8, 4) is 45.6 Å². The number of aryl methyl sites for hydroxylation is 4. The molecular weight excluding hydrogens is 1010 g/mol. The highest BCUT2D eigenvalue weighted by Crippen LogP contribution is 2.53. The summed E-state index contributed by atoms with van der Waals surface area (Å²) >= 11 is 0. The van der Waals surface area contributed by atoms with Gasteiger partial charge in [-0.1, -0.05) is 156 Å². The molecule has 0 amide bonds. The van der Waals surface area contributed by atoms with Crippen LogP contribution in [0.2, 0.25) is 0 Å². The van der Waals surface area contributed by atoms with Crippen molar-refractivity contribution in [3.63, 3.8) is 0 Å². The molecule has 6 heterocycles. The van der Waals surface area contributed by atoms with Crippen molar-refractivity contribution in [1.29, 1.82) is 5.26 Å². The maximum atomic E-state index is 13.1. The van der Waals surface area contributed by atoms with Crippen LogP contribution in [0.15, 0.2) is 237 Å². The van der Waals surface area contributed by atoms with Crippen molar-refractivity contribution < 1.29 is 0 Å². The van der Waals surface area contributed by atoms with E-state index in [9.17, 15) is 5.26 Å². The SMILES string of the molecule is Cc1ccc2c(c1)c1ccccc1n2-c1c(C#N)c(-n2c3ccccc3c3cc(C)ccc32)c(-n2c3ccccc3c3cc(C)ccc32)c(-c2ccccc2-n2c3ccccc3c3cccnc32)c1-n1c2ccccc2c2cc(C)ccc21. The van der Waals surface area contributed by atoms with E-state index in [0.29, 0.717) is 5.56 Å². The molecule has 0 fully saturated rings. The minimum absolute atomic E-state index is 0.525. The lowest BCUT2D eigenvalue weighted by molar-refractivity contribution is 1.03. The lowest BCUT2D eigenvalue weighted by atomic mass is 9.92. The van der Waals surface area contributed by atoms with Crippen molar-refractivity contribution in [2.45, 2.75) is 27.7 Å². The summed E-state index contributed by atoms with van der Waals surface area (Å²) in [6.45, 7) is 8.69. The summed E-state index contributed by atoms with van der Waals surface area (Å²) in [5.41, 5.74) is 21.3. The Morgan fingerprint density at radius 3 is 1.01 bits per heavy atom. The van der Waals surface area contributed by atoms with Crippen molar-refractivity contribution in [1.82, 2.24) is 27.8 Å². The second kappa shape index (κ2) is 17.5. The van der Waals surface area contributed by atoms with Crippen LogP contribution < -0.4 is 0 Å². The minimum atomic E-state index is 0.525. The molecule has 6 aromatic heterocycles. The van der Waals surface area contributed by atoms with Crippen LogP contribution in [0, 0.1) is 39.0 Å². The van der Waals surface area contributed by atoms with E-state index in [-0.39, 0.29) is 0 Å². The quantitative estimate of drug-likeness (QED) is 0.167. The van der Waals surface area contributed by atoms with E-state index in [0.717, 1.165) is 160 Å². The zero-order chi connectivity index (χ0) is 55.4. The summed E-state index contributed by atoms with van der Waals surface area (Å²) in [6, 6.07) is 87.3. The Hall–Kier alpha value is -10.9. The number of rotatable bonds is 6. The molecular formula is C76H51N7. The number of hydrogen-bond donors (Lipinski definition) is 0. The summed E-state index contributed by atoms with van der Waals surface area (Å²) in [7, 11) is 0. The highest BCUT2D eigenvalue weighted by molar-refractivity contribution is 6.18. The first-order valence-corrected chi connectivity index (χ1v) is 28.4. The van der Waals surface area contributed by atoms with E-state index in [4.69, 9.17) is 4.98 Å². The molecule has 0 spiro atoms. The molecule has 390 valence electrons. The molecule has 0 atom stereocenters. The second-order valence-electron chi connectivity index (χ2n) is 22.5. The van der Waals surface area contributed by atoms with Gasteiger partial charge in [0.1, 0.15) is 17.3 Å². The van der Waals surface area contributed by atoms with Gasteiger partial charge in [-0.2, -0.15) is 5.26 Å². The summed E-state index contributed by atoms with van der Waals surface area (Å²) in [5.74, 6) is 0. The topological polar surface area (TPSA) is 61.3 Å². The fourth-order valence-corrected chi connectivity index (χ4v) is 14.2. The Morgan fingerprint density at radius 2 is 0.614 bits per heavy atom. The van der Waals surface area contributed by atoms with Crippen LogP contribution >= 0.6 is 0 Å². The lowest BCUT2D eigenvalue weighted by Crippen LogP contribution is -2.17. The first kappa shape index (κ1) is 46.9. The third-order valence-electron chi connectivity index (χ3n) is 17.6. The highest BCUT2D eigenvalue weighted by Gasteiger charge is 2.36. The summed E-state index contributed by atoms with van der Waals surface area (Å²) in [5, 5.41) is 24.3. The molecule has 0 unspecified atom stereocenters. The van der Waals surface area contributed by atoms with Gasteiger partial charge in [0.05, 0.1) is 78.1 Å². The van der Waals surface area contributed by atoms with Crippen LogP contribution in [0.4, 0.5) is 0 Å². The molecule has 0 saturated carbocycles. The number of pyridine rings is 1. The zero-order valence-corrected chi connectivity index (χ0v) is 46.1. The smallest absolute Gasteiger partial charge is 0.145 e. The van der Waals surface area contributed by atoms with Gasteiger partial charge >= 0.3 is 0 Å². The molecule has 7 nitrogen and oxygen atoms in total. The number of fused-ring (bicyclic) bond motifs is 15. The predicted octanol–water partition coefficient (Wildman–Crippen LogP) is 19.3. The number of benzene rings is 11. The molecule has 0 bridgehead atoms. The minimum Gasteiger partial charge on any atom is -0.306 e. The van der Waals surface area contributed by atoms with Crippen LogP contribution in [-0.2, 0) is 0 Å². The van der Waals surface area contributed by atoms with E-state index < -0.39 is 0 Å². The normalized spacial score (nSPS) is 12.1. The summed E-state index contributed by atoms with van der Waals surface area (Å²) in [4.78, 5) is 5.25. The molecule has 0 N–H and O–H groups in total. The standard InChI is InChI=1S/C76H51N7/c1-45-31-35-67-56(40-45)50-19-6-11-25-61(50)79(67)72-60(44-77)73(80-62-26-12-7-20-51(62)57-41-46(2)32-36-68(57)80)75(82-64-28-14-9-22-53(64)59-43-48(4)34-38-70(59)82)71(74(72)81-63-27-13-8-21-52(63)58-42-47(3)33-37-69(58)81)55-23-10-16-30-66(55)83-65-29-15-5-18-49(65)54-24-17-39-78-76(54)83/h5-43H,1-4H3. The third kappa shape index (κ3) is 6.52. The van der Waals surface area contributed by atoms with Crippen LogP contribution in [-0.4, -0.2) is 27.8 Å². The average molecular weight is 1060 g/mol. The predicted molar refractivity (Wildman–Crippen MR) is 345 cm³/mol. The van der Waals surface area contributed by atoms with Gasteiger partial charge < -0.3 is 18.3 Å². The fraction of sp³-hybridized carbons (Fsp3) is 0.0526. The number of nitriles is 1. The largest absolute Gasteiger partial charge is 0.306 e. The molecule has 83 heavy (non-hydrogen) atoms. The molecule has 11 aromatic carbocycles. The maximum Gasteiger partial charge on any atom is 0.145 e. The van der Waals surface area contributed by atoms with E-state index in [1.54, 1.807) is 0 Å². The third-order valence-corrected chi connectivity index (χ3v) is 17.6. The molecule has 0 aliphatic rings. The van der Waals surface area contributed by atoms with Crippen molar-refractivity contribution >= 4 is 109 Å². The highest BCUT2D eigenvalue weighted by atomic mass is 15.1. The van der Waals surface area contributed by atoms with Gasteiger partial charge in [0.25, 0.3) is 0 Å². The van der Waals surface area contributed by atoms with Gasteiger partial charge in [0.15, 0.2) is 0 Å². The zero-order valence-electron chi connectivity index (χ0n) is 46.1. The number of nitrogens with zero attached hydrogens (tertiary/aromatic N) is 7. The van der Waals surface area contributed by atoms with E-state index >= 15 is 0 Å². The molecule has 17 aromatic rings. The van der Waals surface area contributed by atoms with Gasteiger partial charge in [0.2, 0.25) is 0 Å². The first-order valence-electron chi connectivity index (χ1n) is 28.4. The van der Waals surface area contributed by atoms with Gasteiger partial charge in [-0.15, -0.1) is 0 Å². The Labute approximate surface area is 477 Å². The summed E-state index contributed by atoms with van der Waals surface area (Å²) < 4.78 is 12.2. The molecule has 0 saturated heterocycles. The van der Waals surface area contributed by atoms with Gasteiger partial charge in [-0.3, -0.25) is 4.57 Å². The monoisotopic (exact) mass is 1060 g/mol. The molecule has 0 radical (unpaired) electrons. The maximum absolute atomic E-state index is 13.1. The number of para-hydroxylation sites is 6. The molecule has 17 rings (SSSR count). The van der Waals surface area contributed by atoms with E-state index in [2.05, 4.69) is 281 Å². The summed E-state index contributed by atoms with van der Waals surface area (Å²) in [6.07, 6.45) is 1.91. The Kier molecular flexibility index (Phi) is 9.91. The Balaban J connectivity index is 1.24. The number of hydrogen-bond acceptors (Lipinski definition) is 2.